The van der Waals surface area contributed by atoms with Crippen LogP contribution in [0.15, 0.2) is 0 Å². The number of fused-ring (bicyclic) bond motifs is 3. The molecule has 3 heterocycles. The first-order valence-corrected chi connectivity index (χ1v) is 4.88. The van der Waals surface area contributed by atoms with Crippen molar-refractivity contribution in [3.8, 4) is 0 Å². The minimum Gasteiger partial charge on any atom is -0.454 e. The number of carbonyl (C=O) groups is 1. The number of aliphatic hydroxyl groups excluding tert-OH is 1. The van der Waals surface area contributed by atoms with Crippen LogP contribution in [0, 0.1) is 0 Å². The summed E-state index contributed by atoms with van der Waals surface area (Å²) in [6.07, 6.45) is -3.44. The second kappa shape index (κ2) is 2.70. The summed E-state index contributed by atoms with van der Waals surface area (Å²) in [4.78, 5) is 11.1. The van der Waals surface area contributed by atoms with E-state index in [4.69, 9.17) is 18.9 Å². The smallest absolute Gasteiger partial charge is 0.338 e. The van der Waals surface area contributed by atoms with Crippen molar-refractivity contribution in [2.75, 3.05) is 0 Å². The number of hydrogen-bond donors (Lipinski definition) is 1. The zero-order valence-electron chi connectivity index (χ0n) is 8.38. The van der Waals surface area contributed by atoms with Gasteiger partial charge in [-0.3, -0.25) is 0 Å². The van der Waals surface area contributed by atoms with E-state index in [2.05, 4.69) is 0 Å². The molecule has 0 aromatic rings. The Morgan fingerprint density at radius 1 is 1.20 bits per heavy atom. The van der Waals surface area contributed by atoms with E-state index < -0.39 is 42.5 Å². The molecule has 3 saturated heterocycles. The Morgan fingerprint density at radius 3 is 2.67 bits per heavy atom. The normalized spacial score (nSPS) is 51.4. The molecule has 5 atom stereocenters. The number of carbonyl (C=O) groups excluding carboxylic acids is 1. The van der Waals surface area contributed by atoms with Gasteiger partial charge in [-0.15, -0.1) is 0 Å². The number of ether oxygens (including phenoxy) is 4. The van der Waals surface area contributed by atoms with Gasteiger partial charge in [-0.2, -0.15) is 0 Å². The molecular weight excluding hydrogens is 204 g/mol. The zero-order valence-corrected chi connectivity index (χ0v) is 8.38. The van der Waals surface area contributed by atoms with E-state index in [0.29, 0.717) is 0 Å². The second-order valence-electron chi connectivity index (χ2n) is 4.42. The molecule has 1 N–H and O–H groups in total. The van der Waals surface area contributed by atoms with Crippen LogP contribution in [0.3, 0.4) is 0 Å². The third-order valence-electron chi connectivity index (χ3n) is 2.83. The predicted octanol–water partition coefficient (Wildman–Crippen LogP) is -0.851. The minimum absolute atomic E-state index is 0.439. The maximum absolute atomic E-state index is 11.1. The SMILES string of the molecule is CC1(C)O[C@H]2O[C@@H]3C(O)C(=O)O[C@@H]3[C@H]2O1. The third-order valence-corrected chi connectivity index (χ3v) is 2.83. The van der Waals surface area contributed by atoms with Crippen LogP contribution in [0.1, 0.15) is 13.8 Å². The number of aliphatic hydroxyl groups is 1. The van der Waals surface area contributed by atoms with Crippen molar-refractivity contribution in [2.24, 2.45) is 0 Å². The quantitative estimate of drug-likeness (QED) is 0.532. The molecule has 0 amide bonds. The molecule has 0 aliphatic carbocycles. The fourth-order valence-corrected chi connectivity index (χ4v) is 2.23. The van der Waals surface area contributed by atoms with Gasteiger partial charge >= 0.3 is 5.97 Å². The fraction of sp³-hybridized carbons (Fsp3) is 0.889. The highest BCUT2D eigenvalue weighted by molar-refractivity contribution is 5.78. The lowest BCUT2D eigenvalue weighted by Crippen LogP contribution is -2.35. The molecular formula is C9H12O6. The van der Waals surface area contributed by atoms with Gasteiger partial charge in [0.1, 0.15) is 6.10 Å². The van der Waals surface area contributed by atoms with Crippen LogP contribution < -0.4 is 0 Å². The summed E-state index contributed by atoms with van der Waals surface area (Å²) in [6.45, 7) is 3.52. The molecule has 0 bridgehead atoms. The highest BCUT2D eigenvalue weighted by Crippen LogP contribution is 2.42. The molecule has 3 aliphatic rings. The molecule has 3 aliphatic heterocycles. The first-order chi connectivity index (χ1) is 6.98. The van der Waals surface area contributed by atoms with E-state index in [1.807, 2.05) is 0 Å². The first-order valence-electron chi connectivity index (χ1n) is 4.88. The first kappa shape index (κ1) is 9.53. The Hall–Kier alpha value is -0.690. The summed E-state index contributed by atoms with van der Waals surface area (Å²) < 4.78 is 21.4. The topological polar surface area (TPSA) is 74.2 Å². The molecule has 0 spiro atoms. The fourth-order valence-electron chi connectivity index (χ4n) is 2.23. The van der Waals surface area contributed by atoms with Gasteiger partial charge in [0.15, 0.2) is 30.4 Å². The average molecular weight is 216 g/mol. The standard InChI is InChI=1S/C9H12O6/c1-9(2)14-6-5-4(13-8(6)15-9)3(10)7(11)12-5/h3-6,8,10H,1-2H3/t3?,4-,5+,6-,8-/m1/s1. The van der Waals surface area contributed by atoms with Crippen LogP contribution in [-0.2, 0) is 23.7 Å². The molecule has 6 heteroatoms. The van der Waals surface area contributed by atoms with Gasteiger partial charge in [-0.25, -0.2) is 4.79 Å². The third kappa shape index (κ3) is 1.22. The number of hydrogen-bond acceptors (Lipinski definition) is 6. The highest BCUT2D eigenvalue weighted by atomic mass is 16.8. The summed E-state index contributed by atoms with van der Waals surface area (Å²) in [5, 5.41) is 9.44. The Bertz CT molecular complexity index is 314. The zero-order chi connectivity index (χ0) is 10.8. The summed E-state index contributed by atoms with van der Waals surface area (Å²) in [7, 11) is 0. The Labute approximate surface area is 86.1 Å². The van der Waals surface area contributed by atoms with Gasteiger partial charge in [-0.05, 0) is 13.8 Å². The van der Waals surface area contributed by atoms with E-state index in [-0.39, 0.29) is 0 Å². The molecule has 6 nitrogen and oxygen atoms in total. The average Bonchev–Trinajstić information content (AvgIpc) is 2.66. The van der Waals surface area contributed by atoms with Gasteiger partial charge in [0.25, 0.3) is 0 Å². The van der Waals surface area contributed by atoms with Crippen molar-refractivity contribution >= 4 is 5.97 Å². The molecule has 3 fully saturated rings. The molecule has 0 saturated carbocycles. The van der Waals surface area contributed by atoms with E-state index in [1.165, 1.54) is 0 Å². The summed E-state index contributed by atoms with van der Waals surface area (Å²) >= 11 is 0. The van der Waals surface area contributed by atoms with Crippen LogP contribution in [0.25, 0.3) is 0 Å². The Morgan fingerprint density at radius 2 is 1.93 bits per heavy atom. The van der Waals surface area contributed by atoms with Crippen LogP contribution in [0.5, 0.6) is 0 Å². The van der Waals surface area contributed by atoms with Crippen LogP contribution in [0.4, 0.5) is 0 Å². The minimum atomic E-state index is -1.23. The molecule has 15 heavy (non-hydrogen) atoms. The van der Waals surface area contributed by atoms with Crippen molar-refractivity contribution in [3.63, 3.8) is 0 Å². The van der Waals surface area contributed by atoms with Gasteiger partial charge < -0.3 is 24.1 Å². The summed E-state index contributed by atoms with van der Waals surface area (Å²) in [6, 6.07) is 0. The molecule has 3 rings (SSSR count). The van der Waals surface area contributed by atoms with Crippen molar-refractivity contribution in [1.82, 2.24) is 0 Å². The van der Waals surface area contributed by atoms with E-state index in [9.17, 15) is 9.90 Å². The van der Waals surface area contributed by atoms with Gasteiger partial charge in [0.05, 0.1) is 0 Å². The second-order valence-corrected chi connectivity index (χ2v) is 4.42. The Balaban J connectivity index is 1.83. The summed E-state index contributed by atoms with van der Waals surface area (Å²) in [5.41, 5.74) is 0. The van der Waals surface area contributed by atoms with Crippen LogP contribution in [-0.4, -0.2) is 47.6 Å². The van der Waals surface area contributed by atoms with Crippen molar-refractivity contribution in [1.29, 1.82) is 0 Å². The van der Waals surface area contributed by atoms with Gasteiger partial charge in [-0.1, -0.05) is 0 Å². The molecule has 1 unspecified atom stereocenters. The summed E-state index contributed by atoms with van der Waals surface area (Å²) in [5.74, 6) is -1.39. The lowest BCUT2D eigenvalue weighted by Gasteiger charge is -2.20. The van der Waals surface area contributed by atoms with Crippen molar-refractivity contribution < 1.29 is 28.8 Å². The molecule has 0 radical (unpaired) electrons. The maximum atomic E-state index is 11.1. The van der Waals surface area contributed by atoms with E-state index >= 15 is 0 Å². The van der Waals surface area contributed by atoms with E-state index in [1.54, 1.807) is 13.8 Å². The Kier molecular flexibility index (Phi) is 1.72. The molecule has 0 aromatic carbocycles. The number of rotatable bonds is 0. The van der Waals surface area contributed by atoms with Gasteiger partial charge in [0, 0.05) is 0 Å². The van der Waals surface area contributed by atoms with E-state index in [0.717, 1.165) is 0 Å². The van der Waals surface area contributed by atoms with Crippen LogP contribution in [0.2, 0.25) is 0 Å². The highest BCUT2D eigenvalue weighted by Gasteiger charge is 2.62. The monoisotopic (exact) mass is 216 g/mol. The maximum Gasteiger partial charge on any atom is 0.338 e. The number of esters is 1. The molecule has 0 aromatic heterocycles. The van der Waals surface area contributed by atoms with Gasteiger partial charge in [0.2, 0.25) is 0 Å². The largest absolute Gasteiger partial charge is 0.454 e. The predicted molar refractivity (Wildman–Crippen MR) is 44.6 cm³/mol. The van der Waals surface area contributed by atoms with Crippen molar-refractivity contribution in [2.45, 2.75) is 50.3 Å². The lowest BCUT2D eigenvalue weighted by atomic mass is 10.1. The lowest BCUT2D eigenvalue weighted by molar-refractivity contribution is -0.214. The van der Waals surface area contributed by atoms with Crippen molar-refractivity contribution in [3.05, 3.63) is 0 Å². The van der Waals surface area contributed by atoms with Crippen LogP contribution >= 0.6 is 0 Å². The molecule has 84 valence electrons.